The molecule has 1 aromatic carbocycles. The van der Waals surface area contributed by atoms with E-state index in [4.69, 9.17) is 0 Å². The average molecular weight is 299 g/mol. The Hall–Kier alpha value is -2.30. The molecule has 0 unspecified atom stereocenters. The maximum Gasteiger partial charge on any atom is 0.191 e. The molecule has 2 N–H and O–H groups in total. The minimum absolute atomic E-state index is 0.716. The third-order valence-corrected chi connectivity index (χ3v) is 3.64. The number of aryl methyl sites for hydroxylation is 1. The monoisotopic (exact) mass is 299 g/mol. The lowest BCUT2D eigenvalue weighted by Crippen LogP contribution is -2.37. The maximum atomic E-state index is 4.66. The van der Waals surface area contributed by atoms with E-state index in [9.17, 15) is 0 Å². The maximum absolute atomic E-state index is 4.66. The van der Waals surface area contributed by atoms with Crippen LogP contribution >= 0.6 is 0 Å². The summed E-state index contributed by atoms with van der Waals surface area (Å²) in [6.07, 6.45) is 1.07. The number of guanidine groups is 1. The van der Waals surface area contributed by atoms with E-state index in [-0.39, 0.29) is 0 Å². The zero-order valence-electron chi connectivity index (χ0n) is 13.8. The molecule has 1 heterocycles. The van der Waals surface area contributed by atoms with Crippen molar-refractivity contribution in [2.24, 2.45) is 4.99 Å². The topological polar surface area (TPSA) is 54.2 Å². The van der Waals surface area contributed by atoms with Crippen LogP contribution in [0.2, 0.25) is 0 Å². The van der Waals surface area contributed by atoms with E-state index in [1.165, 1.54) is 5.56 Å². The Kier molecular flexibility index (Phi) is 5.58. The molecule has 0 atom stereocenters. The number of nitrogens with zero attached hydrogens (tertiary/aromatic N) is 3. The summed E-state index contributed by atoms with van der Waals surface area (Å²) in [6.45, 7) is 7.92. The lowest BCUT2D eigenvalue weighted by molar-refractivity contribution is 0.777. The number of hydrogen-bond donors (Lipinski definition) is 2. The van der Waals surface area contributed by atoms with Gasteiger partial charge < -0.3 is 10.6 Å². The van der Waals surface area contributed by atoms with Crippen molar-refractivity contribution in [2.75, 3.05) is 13.6 Å². The Morgan fingerprint density at radius 1 is 1.18 bits per heavy atom. The summed E-state index contributed by atoms with van der Waals surface area (Å²) in [5.41, 5.74) is 4.49. The fraction of sp³-hybridized carbons (Fsp3) is 0.412. The molecule has 0 spiro atoms. The van der Waals surface area contributed by atoms with Crippen molar-refractivity contribution < 1.29 is 0 Å². The summed E-state index contributed by atoms with van der Waals surface area (Å²) < 4.78 is 1.99. The van der Waals surface area contributed by atoms with E-state index in [1.54, 1.807) is 7.05 Å². The van der Waals surface area contributed by atoms with Crippen LogP contribution < -0.4 is 10.6 Å². The molecule has 0 aliphatic rings. The largest absolute Gasteiger partial charge is 0.356 e. The Morgan fingerprint density at radius 2 is 1.91 bits per heavy atom. The molecule has 0 amide bonds. The molecular weight excluding hydrogens is 274 g/mol. The number of benzene rings is 1. The molecule has 118 valence electrons. The van der Waals surface area contributed by atoms with E-state index >= 15 is 0 Å². The Bertz CT molecular complexity index is 628. The van der Waals surface area contributed by atoms with E-state index < -0.39 is 0 Å². The second kappa shape index (κ2) is 7.64. The van der Waals surface area contributed by atoms with Crippen molar-refractivity contribution in [1.29, 1.82) is 0 Å². The molecule has 5 nitrogen and oxygen atoms in total. The van der Waals surface area contributed by atoms with Gasteiger partial charge in [-0.3, -0.25) is 4.99 Å². The predicted octanol–water partition coefficient (Wildman–Crippen LogP) is 2.56. The van der Waals surface area contributed by atoms with Gasteiger partial charge in [-0.25, -0.2) is 4.68 Å². The molecular formula is C17H25N5. The first-order valence-corrected chi connectivity index (χ1v) is 7.72. The van der Waals surface area contributed by atoms with Crippen LogP contribution in [0.3, 0.4) is 0 Å². The minimum atomic E-state index is 0.716. The van der Waals surface area contributed by atoms with Gasteiger partial charge in [-0.15, -0.1) is 0 Å². The zero-order valence-corrected chi connectivity index (χ0v) is 13.8. The molecule has 0 radical (unpaired) electrons. The number of rotatable bonds is 5. The second-order valence-electron chi connectivity index (χ2n) is 5.25. The van der Waals surface area contributed by atoms with E-state index in [2.05, 4.69) is 46.7 Å². The van der Waals surface area contributed by atoms with Crippen molar-refractivity contribution in [1.82, 2.24) is 20.4 Å². The molecule has 0 saturated heterocycles. The van der Waals surface area contributed by atoms with Gasteiger partial charge in [-0.1, -0.05) is 25.1 Å². The summed E-state index contributed by atoms with van der Waals surface area (Å²) >= 11 is 0. The summed E-state index contributed by atoms with van der Waals surface area (Å²) in [7, 11) is 1.79. The molecule has 0 aliphatic heterocycles. The van der Waals surface area contributed by atoms with Crippen molar-refractivity contribution in [3.63, 3.8) is 0 Å². The Morgan fingerprint density at radius 3 is 2.55 bits per heavy atom. The van der Waals surface area contributed by atoms with Gasteiger partial charge in [0.2, 0.25) is 0 Å². The summed E-state index contributed by atoms with van der Waals surface area (Å²) in [6, 6.07) is 10.2. The number of aromatic nitrogens is 2. The molecule has 0 aliphatic carbocycles. The highest BCUT2D eigenvalue weighted by molar-refractivity contribution is 5.79. The molecule has 22 heavy (non-hydrogen) atoms. The zero-order chi connectivity index (χ0) is 15.9. The van der Waals surface area contributed by atoms with Gasteiger partial charge in [0.25, 0.3) is 0 Å². The number of aliphatic imine (C=N–C) groups is 1. The van der Waals surface area contributed by atoms with Crippen molar-refractivity contribution >= 4 is 5.96 Å². The Labute approximate surface area is 132 Å². The highest BCUT2D eigenvalue weighted by Gasteiger charge is 2.12. The lowest BCUT2D eigenvalue weighted by Gasteiger charge is -2.11. The fourth-order valence-corrected chi connectivity index (χ4v) is 2.39. The smallest absolute Gasteiger partial charge is 0.191 e. The van der Waals surface area contributed by atoms with Crippen LogP contribution in [0.5, 0.6) is 0 Å². The van der Waals surface area contributed by atoms with Crippen molar-refractivity contribution in [3.05, 3.63) is 47.3 Å². The molecule has 1 aromatic heterocycles. The summed E-state index contributed by atoms with van der Waals surface area (Å²) in [5.74, 6) is 0.827. The van der Waals surface area contributed by atoms with Gasteiger partial charge in [0.15, 0.2) is 5.96 Å². The SMILES string of the molecule is CCCNC(=NC)NCc1c(C)nn(-c2ccccc2)c1C. The first kappa shape index (κ1) is 16.1. The van der Waals surface area contributed by atoms with Crippen LogP contribution in [0, 0.1) is 13.8 Å². The molecule has 2 rings (SSSR count). The van der Waals surface area contributed by atoms with Gasteiger partial charge in [0.1, 0.15) is 0 Å². The van der Waals surface area contributed by atoms with Gasteiger partial charge in [-0.05, 0) is 32.4 Å². The highest BCUT2D eigenvalue weighted by Crippen LogP contribution is 2.17. The van der Waals surface area contributed by atoms with E-state index in [1.807, 2.05) is 29.8 Å². The first-order chi connectivity index (χ1) is 10.7. The average Bonchev–Trinajstić information content (AvgIpc) is 2.83. The third-order valence-electron chi connectivity index (χ3n) is 3.64. The van der Waals surface area contributed by atoms with Crippen LogP contribution in [0.25, 0.3) is 5.69 Å². The number of nitrogens with one attached hydrogen (secondary N) is 2. The highest BCUT2D eigenvalue weighted by atomic mass is 15.3. The number of para-hydroxylation sites is 1. The van der Waals surface area contributed by atoms with Crippen LogP contribution in [-0.4, -0.2) is 29.3 Å². The fourth-order valence-electron chi connectivity index (χ4n) is 2.39. The number of hydrogen-bond acceptors (Lipinski definition) is 2. The van der Waals surface area contributed by atoms with E-state index in [0.717, 1.165) is 36.0 Å². The molecule has 5 heteroatoms. The van der Waals surface area contributed by atoms with Gasteiger partial charge in [0, 0.05) is 31.4 Å². The van der Waals surface area contributed by atoms with Gasteiger partial charge in [0.05, 0.1) is 11.4 Å². The first-order valence-electron chi connectivity index (χ1n) is 7.72. The normalized spacial score (nSPS) is 11.5. The standard InChI is InChI=1S/C17H25N5/c1-5-11-19-17(18-4)20-12-16-13(2)21-22(14(16)3)15-9-7-6-8-10-15/h6-10H,5,11-12H2,1-4H3,(H2,18,19,20). The van der Waals surface area contributed by atoms with Gasteiger partial charge >= 0.3 is 0 Å². The summed E-state index contributed by atoms with van der Waals surface area (Å²) in [4.78, 5) is 4.23. The molecule has 0 fully saturated rings. The quantitative estimate of drug-likeness (QED) is 0.659. The van der Waals surface area contributed by atoms with Gasteiger partial charge in [-0.2, -0.15) is 5.10 Å². The molecule has 2 aromatic rings. The van der Waals surface area contributed by atoms with Crippen molar-refractivity contribution in [2.45, 2.75) is 33.7 Å². The van der Waals surface area contributed by atoms with E-state index in [0.29, 0.717) is 6.54 Å². The molecule has 0 saturated carbocycles. The minimum Gasteiger partial charge on any atom is -0.356 e. The molecule has 0 bridgehead atoms. The second-order valence-corrected chi connectivity index (χ2v) is 5.25. The predicted molar refractivity (Wildman–Crippen MR) is 91.5 cm³/mol. The van der Waals surface area contributed by atoms with Crippen molar-refractivity contribution in [3.8, 4) is 5.69 Å². The van der Waals surface area contributed by atoms with Crippen LogP contribution in [0.4, 0.5) is 0 Å². The summed E-state index contributed by atoms with van der Waals surface area (Å²) in [5, 5.41) is 11.3. The lowest BCUT2D eigenvalue weighted by atomic mass is 10.2. The third kappa shape index (κ3) is 3.67. The Balaban J connectivity index is 2.14. The van der Waals surface area contributed by atoms with Crippen LogP contribution in [-0.2, 0) is 6.54 Å². The van der Waals surface area contributed by atoms with Crippen LogP contribution in [0.15, 0.2) is 35.3 Å². The van der Waals surface area contributed by atoms with Crippen LogP contribution in [0.1, 0.15) is 30.3 Å².